The van der Waals surface area contributed by atoms with Gasteiger partial charge >= 0.3 is 6.03 Å². The SMILES string of the molecule is CC(C)c1ccc(N(C=O)C(=O)N(C)C)cc1Cl. The zero-order chi connectivity index (χ0) is 13.9. The summed E-state index contributed by atoms with van der Waals surface area (Å²) in [6, 6.07) is 4.78. The van der Waals surface area contributed by atoms with Crippen molar-refractivity contribution in [3.8, 4) is 0 Å². The van der Waals surface area contributed by atoms with Crippen LogP contribution >= 0.6 is 11.6 Å². The van der Waals surface area contributed by atoms with Crippen molar-refractivity contribution in [2.24, 2.45) is 0 Å². The van der Waals surface area contributed by atoms with Crippen molar-refractivity contribution < 1.29 is 9.59 Å². The van der Waals surface area contributed by atoms with Crippen LogP contribution in [0.3, 0.4) is 0 Å². The van der Waals surface area contributed by atoms with Crippen LogP contribution in [0.4, 0.5) is 10.5 Å². The van der Waals surface area contributed by atoms with E-state index in [4.69, 9.17) is 11.6 Å². The van der Waals surface area contributed by atoms with E-state index in [0.717, 1.165) is 10.5 Å². The minimum atomic E-state index is -0.404. The van der Waals surface area contributed by atoms with Crippen LogP contribution in [-0.4, -0.2) is 31.4 Å². The standard InChI is InChI=1S/C13H17ClN2O2/c1-9(2)11-6-5-10(7-12(11)14)16(8-17)13(18)15(3)4/h5-9H,1-4H3. The lowest BCUT2D eigenvalue weighted by molar-refractivity contribution is -0.106. The van der Waals surface area contributed by atoms with Crippen LogP contribution < -0.4 is 4.90 Å². The van der Waals surface area contributed by atoms with Gasteiger partial charge in [0, 0.05) is 19.1 Å². The van der Waals surface area contributed by atoms with E-state index in [2.05, 4.69) is 0 Å². The van der Waals surface area contributed by atoms with Crippen molar-refractivity contribution in [2.45, 2.75) is 19.8 Å². The summed E-state index contributed by atoms with van der Waals surface area (Å²) in [6.07, 6.45) is 0.489. The van der Waals surface area contributed by atoms with E-state index in [1.165, 1.54) is 4.90 Å². The predicted molar refractivity (Wildman–Crippen MR) is 73.2 cm³/mol. The molecule has 0 atom stereocenters. The van der Waals surface area contributed by atoms with Crippen LogP contribution in [0.2, 0.25) is 5.02 Å². The lowest BCUT2D eigenvalue weighted by Gasteiger charge is -2.21. The zero-order valence-electron chi connectivity index (χ0n) is 11.0. The van der Waals surface area contributed by atoms with Crippen LogP contribution in [0.1, 0.15) is 25.3 Å². The Balaban J connectivity index is 3.13. The molecule has 0 heterocycles. The maximum Gasteiger partial charge on any atom is 0.330 e. The maximum atomic E-state index is 11.8. The number of amides is 3. The van der Waals surface area contributed by atoms with Gasteiger partial charge in [0.2, 0.25) is 6.41 Å². The summed E-state index contributed by atoms with van der Waals surface area (Å²) in [6.45, 7) is 4.06. The summed E-state index contributed by atoms with van der Waals surface area (Å²) in [5.74, 6) is 0.292. The van der Waals surface area contributed by atoms with Gasteiger partial charge < -0.3 is 4.90 Å². The van der Waals surface area contributed by atoms with Gasteiger partial charge in [0.15, 0.2) is 0 Å². The quantitative estimate of drug-likeness (QED) is 0.791. The van der Waals surface area contributed by atoms with Gasteiger partial charge in [-0.15, -0.1) is 0 Å². The number of urea groups is 1. The van der Waals surface area contributed by atoms with Crippen molar-refractivity contribution in [1.82, 2.24) is 4.90 Å². The molecule has 1 aromatic carbocycles. The molecule has 0 aliphatic carbocycles. The molecule has 0 radical (unpaired) electrons. The van der Waals surface area contributed by atoms with Gasteiger partial charge in [-0.25, -0.2) is 9.69 Å². The van der Waals surface area contributed by atoms with Crippen molar-refractivity contribution in [3.05, 3.63) is 28.8 Å². The molecule has 1 rings (SSSR count). The Morgan fingerprint density at radius 3 is 2.33 bits per heavy atom. The molecule has 0 aliphatic heterocycles. The monoisotopic (exact) mass is 268 g/mol. The van der Waals surface area contributed by atoms with Gasteiger partial charge in [0.1, 0.15) is 0 Å². The number of imide groups is 1. The smallest absolute Gasteiger partial charge is 0.330 e. The number of carbonyl (C=O) groups excluding carboxylic acids is 2. The number of rotatable bonds is 3. The average molecular weight is 269 g/mol. The molecule has 0 bridgehead atoms. The maximum absolute atomic E-state index is 11.8. The Morgan fingerprint density at radius 1 is 1.33 bits per heavy atom. The largest absolute Gasteiger partial charge is 0.330 e. The average Bonchev–Trinajstić information content (AvgIpc) is 2.29. The molecule has 0 unspecified atom stereocenters. The lowest BCUT2D eigenvalue weighted by Crippen LogP contribution is -2.38. The number of hydrogen-bond donors (Lipinski definition) is 0. The number of carbonyl (C=O) groups is 2. The number of benzene rings is 1. The molecule has 98 valence electrons. The zero-order valence-corrected chi connectivity index (χ0v) is 11.7. The summed E-state index contributed by atoms with van der Waals surface area (Å²) in [4.78, 5) is 25.2. The van der Waals surface area contributed by atoms with Crippen molar-refractivity contribution in [1.29, 1.82) is 0 Å². The van der Waals surface area contributed by atoms with E-state index in [1.807, 2.05) is 19.9 Å². The molecule has 0 saturated heterocycles. The minimum absolute atomic E-state index is 0.292. The van der Waals surface area contributed by atoms with Gasteiger partial charge in [-0.3, -0.25) is 4.79 Å². The van der Waals surface area contributed by atoms with Crippen LogP contribution in [0, 0.1) is 0 Å². The molecule has 0 saturated carbocycles. The highest BCUT2D eigenvalue weighted by Gasteiger charge is 2.18. The third kappa shape index (κ3) is 3.01. The van der Waals surface area contributed by atoms with Gasteiger partial charge in [-0.05, 0) is 23.6 Å². The van der Waals surface area contributed by atoms with E-state index in [-0.39, 0.29) is 0 Å². The molecule has 0 spiro atoms. The number of hydrogen-bond acceptors (Lipinski definition) is 2. The van der Waals surface area contributed by atoms with E-state index in [1.54, 1.807) is 26.2 Å². The van der Waals surface area contributed by atoms with Gasteiger partial charge in [0.25, 0.3) is 0 Å². The third-order valence-electron chi connectivity index (χ3n) is 2.58. The fourth-order valence-electron chi connectivity index (χ4n) is 1.57. The topological polar surface area (TPSA) is 40.6 Å². The van der Waals surface area contributed by atoms with Crippen LogP contribution in [0.5, 0.6) is 0 Å². The summed E-state index contributed by atoms with van der Waals surface area (Å²) in [5.41, 5.74) is 1.46. The molecule has 3 amide bonds. The van der Waals surface area contributed by atoms with Crippen molar-refractivity contribution >= 4 is 29.7 Å². The Labute approximate surface area is 112 Å². The first-order valence-electron chi connectivity index (χ1n) is 5.63. The van der Waals surface area contributed by atoms with Crippen LogP contribution in [-0.2, 0) is 4.79 Å². The summed E-state index contributed by atoms with van der Waals surface area (Å²) >= 11 is 6.14. The molecule has 0 aromatic heterocycles. The first-order chi connectivity index (χ1) is 8.38. The normalized spacial score (nSPS) is 10.3. The molecule has 4 nitrogen and oxygen atoms in total. The molecule has 1 aromatic rings. The fourth-order valence-corrected chi connectivity index (χ4v) is 1.96. The minimum Gasteiger partial charge on any atom is -0.330 e. The first-order valence-corrected chi connectivity index (χ1v) is 6.01. The second-order valence-corrected chi connectivity index (χ2v) is 4.92. The molecular formula is C13H17ClN2O2. The van der Waals surface area contributed by atoms with Crippen molar-refractivity contribution in [2.75, 3.05) is 19.0 Å². The van der Waals surface area contributed by atoms with Crippen molar-refractivity contribution in [3.63, 3.8) is 0 Å². The third-order valence-corrected chi connectivity index (χ3v) is 2.91. The Kier molecular flexibility index (Phi) is 4.73. The lowest BCUT2D eigenvalue weighted by atomic mass is 10.0. The Hall–Kier alpha value is -1.55. The van der Waals surface area contributed by atoms with Gasteiger partial charge in [-0.1, -0.05) is 31.5 Å². The molecular weight excluding hydrogens is 252 g/mol. The molecule has 0 N–H and O–H groups in total. The molecule has 5 heteroatoms. The predicted octanol–water partition coefficient (Wildman–Crippen LogP) is 3.11. The summed E-state index contributed by atoms with van der Waals surface area (Å²) < 4.78 is 0. The van der Waals surface area contributed by atoms with Gasteiger partial charge in [-0.2, -0.15) is 0 Å². The number of nitrogens with zero attached hydrogens (tertiary/aromatic N) is 2. The first kappa shape index (κ1) is 14.5. The summed E-state index contributed by atoms with van der Waals surface area (Å²) in [7, 11) is 3.17. The van der Waals surface area contributed by atoms with E-state index in [9.17, 15) is 9.59 Å². The highest BCUT2D eigenvalue weighted by atomic mass is 35.5. The van der Waals surface area contributed by atoms with E-state index in [0.29, 0.717) is 23.0 Å². The highest BCUT2D eigenvalue weighted by Crippen LogP contribution is 2.28. The fraction of sp³-hybridized carbons (Fsp3) is 0.385. The van der Waals surface area contributed by atoms with Crippen LogP contribution in [0.15, 0.2) is 18.2 Å². The van der Waals surface area contributed by atoms with E-state index < -0.39 is 6.03 Å². The second-order valence-electron chi connectivity index (χ2n) is 4.51. The highest BCUT2D eigenvalue weighted by molar-refractivity contribution is 6.32. The number of halogens is 1. The second kappa shape index (κ2) is 5.87. The van der Waals surface area contributed by atoms with E-state index >= 15 is 0 Å². The number of anilines is 1. The Bertz CT molecular complexity index is 458. The molecule has 0 aliphatic rings. The van der Waals surface area contributed by atoms with Crippen LogP contribution in [0.25, 0.3) is 0 Å². The summed E-state index contributed by atoms with van der Waals surface area (Å²) in [5, 5.41) is 0.556. The Morgan fingerprint density at radius 2 is 1.94 bits per heavy atom. The molecule has 18 heavy (non-hydrogen) atoms. The van der Waals surface area contributed by atoms with Gasteiger partial charge in [0.05, 0.1) is 5.69 Å². The molecule has 0 fully saturated rings.